The molecule has 0 bridgehead atoms. The normalized spacial score (nSPS) is 14.8. The molecule has 0 unspecified atom stereocenters. The molecular weight excluding hydrogens is 411 g/mol. The van der Waals surface area contributed by atoms with Crippen LogP contribution in [-0.2, 0) is 0 Å². The first kappa shape index (κ1) is 19.6. The maximum Gasteiger partial charge on any atom is 0.255 e. The van der Waals surface area contributed by atoms with Crippen LogP contribution in [0.4, 0.5) is 0 Å². The van der Waals surface area contributed by atoms with Crippen molar-refractivity contribution >= 4 is 34.9 Å². The predicted molar refractivity (Wildman–Crippen MR) is 111 cm³/mol. The number of hydrogen-bond donors (Lipinski definition) is 0. The number of aromatic nitrogens is 3. The maximum absolute atomic E-state index is 12.8. The van der Waals surface area contributed by atoms with Gasteiger partial charge in [0.05, 0.1) is 15.6 Å². The minimum Gasteiger partial charge on any atom is -0.339 e. The van der Waals surface area contributed by atoms with Crippen LogP contribution < -0.4 is 0 Å². The number of likely N-dealkylation sites (tertiary alicyclic amines) is 1. The molecule has 4 rings (SSSR count). The molecule has 6 nitrogen and oxygen atoms in total. The third-order valence-corrected chi connectivity index (χ3v) is 5.86. The van der Waals surface area contributed by atoms with Gasteiger partial charge < -0.3 is 4.90 Å². The molecule has 0 N–H and O–H groups in total. The van der Waals surface area contributed by atoms with E-state index >= 15 is 0 Å². The summed E-state index contributed by atoms with van der Waals surface area (Å²) in [6.45, 7) is 1.06. The average molecular weight is 429 g/mol. The fourth-order valence-electron chi connectivity index (χ4n) is 3.47. The summed E-state index contributed by atoms with van der Waals surface area (Å²) in [6, 6.07) is 8.49. The second kappa shape index (κ2) is 8.35. The standard InChI is InChI=1S/C21H18Cl2N4O2/c22-17-3-1-15(11-18(17)23)20(28)14-5-8-26(9-6-14)21(29)16-2-4-19(25-12-16)27-10-7-24-13-27/h1-4,7,10-14H,5-6,8-9H2. The number of pyridine rings is 1. The van der Waals surface area contributed by atoms with Crippen molar-refractivity contribution in [2.24, 2.45) is 5.92 Å². The van der Waals surface area contributed by atoms with Gasteiger partial charge >= 0.3 is 0 Å². The molecule has 1 aliphatic heterocycles. The highest BCUT2D eigenvalue weighted by atomic mass is 35.5. The molecule has 8 heteroatoms. The van der Waals surface area contributed by atoms with Gasteiger partial charge in [0.2, 0.25) is 0 Å². The lowest BCUT2D eigenvalue weighted by atomic mass is 9.88. The molecule has 3 aromatic rings. The lowest BCUT2D eigenvalue weighted by molar-refractivity contribution is 0.0650. The summed E-state index contributed by atoms with van der Waals surface area (Å²) >= 11 is 12.0. The maximum atomic E-state index is 12.8. The highest BCUT2D eigenvalue weighted by molar-refractivity contribution is 6.42. The quantitative estimate of drug-likeness (QED) is 0.580. The van der Waals surface area contributed by atoms with Gasteiger partial charge in [-0.25, -0.2) is 9.97 Å². The molecule has 1 amide bonds. The zero-order valence-corrected chi connectivity index (χ0v) is 17.0. The first-order valence-corrected chi connectivity index (χ1v) is 10.0. The minimum absolute atomic E-state index is 0.0435. The van der Waals surface area contributed by atoms with E-state index in [2.05, 4.69) is 9.97 Å². The summed E-state index contributed by atoms with van der Waals surface area (Å²) < 4.78 is 1.77. The summed E-state index contributed by atoms with van der Waals surface area (Å²) in [5.41, 5.74) is 1.09. The van der Waals surface area contributed by atoms with Gasteiger partial charge in [-0.2, -0.15) is 0 Å². The molecule has 0 radical (unpaired) electrons. The molecule has 1 saturated heterocycles. The molecule has 3 heterocycles. The number of amides is 1. The number of hydrogen-bond acceptors (Lipinski definition) is 4. The zero-order valence-electron chi connectivity index (χ0n) is 15.5. The van der Waals surface area contributed by atoms with Gasteiger partial charge in [-0.3, -0.25) is 14.2 Å². The number of halogens is 2. The van der Waals surface area contributed by atoms with Crippen LogP contribution in [0.3, 0.4) is 0 Å². The minimum atomic E-state index is -0.127. The van der Waals surface area contributed by atoms with E-state index in [0.717, 1.165) is 0 Å². The van der Waals surface area contributed by atoms with Crippen molar-refractivity contribution in [2.45, 2.75) is 12.8 Å². The number of carbonyl (C=O) groups is 2. The molecule has 0 aliphatic carbocycles. The number of carbonyl (C=O) groups excluding carboxylic acids is 2. The number of ketones is 1. The monoisotopic (exact) mass is 428 g/mol. The Kier molecular flexibility index (Phi) is 5.65. The summed E-state index contributed by atoms with van der Waals surface area (Å²) in [5, 5.41) is 0.799. The number of imidazole rings is 1. The topological polar surface area (TPSA) is 68.1 Å². The van der Waals surface area contributed by atoms with E-state index in [-0.39, 0.29) is 17.6 Å². The Balaban J connectivity index is 1.38. The number of piperidine rings is 1. The fraction of sp³-hybridized carbons (Fsp3) is 0.238. The predicted octanol–water partition coefficient (Wildman–Crippen LogP) is 4.31. The van der Waals surface area contributed by atoms with E-state index in [1.807, 2.05) is 0 Å². The van der Waals surface area contributed by atoms with Crippen molar-refractivity contribution in [3.8, 4) is 5.82 Å². The van der Waals surface area contributed by atoms with Crippen molar-refractivity contribution in [3.05, 3.63) is 76.4 Å². The SMILES string of the molecule is O=C(c1ccc(Cl)c(Cl)c1)C1CCN(C(=O)c2ccc(-n3ccnc3)nc2)CC1. The summed E-state index contributed by atoms with van der Waals surface area (Å²) in [7, 11) is 0. The van der Waals surface area contributed by atoms with Gasteiger partial charge in [-0.05, 0) is 43.2 Å². The zero-order chi connectivity index (χ0) is 20.4. The van der Waals surface area contributed by atoms with Gasteiger partial charge in [0, 0.05) is 43.2 Å². The van der Waals surface area contributed by atoms with Crippen LogP contribution in [0.1, 0.15) is 33.6 Å². The van der Waals surface area contributed by atoms with E-state index in [1.165, 1.54) is 0 Å². The largest absolute Gasteiger partial charge is 0.339 e. The second-order valence-corrected chi connectivity index (χ2v) is 7.75. The highest BCUT2D eigenvalue weighted by Gasteiger charge is 2.28. The highest BCUT2D eigenvalue weighted by Crippen LogP contribution is 2.27. The summed E-state index contributed by atoms with van der Waals surface area (Å²) in [5.74, 6) is 0.542. The van der Waals surface area contributed by atoms with Gasteiger partial charge in [-0.15, -0.1) is 0 Å². The first-order valence-electron chi connectivity index (χ1n) is 9.26. The van der Waals surface area contributed by atoms with Gasteiger partial charge in [0.15, 0.2) is 5.78 Å². The van der Waals surface area contributed by atoms with E-state index < -0.39 is 0 Å². The fourth-order valence-corrected chi connectivity index (χ4v) is 3.77. The Labute approximate surface area is 178 Å². The van der Waals surface area contributed by atoms with Crippen molar-refractivity contribution in [1.29, 1.82) is 0 Å². The number of benzene rings is 1. The van der Waals surface area contributed by atoms with Crippen LogP contribution in [0, 0.1) is 5.92 Å². The van der Waals surface area contributed by atoms with Crippen molar-refractivity contribution in [3.63, 3.8) is 0 Å². The molecular formula is C21H18Cl2N4O2. The van der Waals surface area contributed by atoms with Crippen molar-refractivity contribution in [2.75, 3.05) is 13.1 Å². The number of nitrogens with zero attached hydrogens (tertiary/aromatic N) is 4. The Morgan fingerprint density at radius 1 is 1.00 bits per heavy atom. The van der Waals surface area contributed by atoms with Crippen LogP contribution in [-0.4, -0.2) is 44.2 Å². The molecule has 1 aliphatic rings. The Hall–Kier alpha value is -2.70. The molecule has 1 fully saturated rings. The van der Waals surface area contributed by atoms with Crippen LogP contribution in [0.5, 0.6) is 0 Å². The van der Waals surface area contributed by atoms with Gasteiger partial charge in [-0.1, -0.05) is 23.2 Å². The number of rotatable bonds is 4. The van der Waals surface area contributed by atoms with E-state index in [1.54, 1.807) is 64.7 Å². The van der Waals surface area contributed by atoms with Gasteiger partial charge in [0.25, 0.3) is 5.91 Å². The molecule has 1 aromatic carbocycles. The molecule has 29 heavy (non-hydrogen) atoms. The summed E-state index contributed by atoms with van der Waals surface area (Å²) in [6.07, 6.45) is 7.92. The van der Waals surface area contributed by atoms with Crippen LogP contribution in [0.25, 0.3) is 5.82 Å². The molecule has 0 atom stereocenters. The van der Waals surface area contributed by atoms with Crippen LogP contribution in [0.2, 0.25) is 10.0 Å². The van der Waals surface area contributed by atoms with E-state index in [0.29, 0.717) is 52.9 Å². The average Bonchev–Trinajstić information content (AvgIpc) is 3.30. The second-order valence-electron chi connectivity index (χ2n) is 6.93. The summed E-state index contributed by atoms with van der Waals surface area (Å²) in [4.78, 5) is 35.6. The third-order valence-electron chi connectivity index (χ3n) is 5.12. The Bertz CT molecular complexity index is 1030. The van der Waals surface area contributed by atoms with E-state index in [9.17, 15) is 9.59 Å². The number of Topliss-reactive ketones (excluding diaryl/α,β-unsaturated/α-hetero) is 1. The Morgan fingerprint density at radius 3 is 2.38 bits per heavy atom. The lowest BCUT2D eigenvalue weighted by Gasteiger charge is -2.31. The molecule has 0 saturated carbocycles. The van der Waals surface area contributed by atoms with Crippen molar-refractivity contribution < 1.29 is 9.59 Å². The first-order chi connectivity index (χ1) is 14.0. The van der Waals surface area contributed by atoms with E-state index in [4.69, 9.17) is 23.2 Å². The molecule has 2 aromatic heterocycles. The molecule has 0 spiro atoms. The lowest BCUT2D eigenvalue weighted by Crippen LogP contribution is -2.40. The van der Waals surface area contributed by atoms with Crippen molar-refractivity contribution in [1.82, 2.24) is 19.4 Å². The Morgan fingerprint density at radius 2 is 1.76 bits per heavy atom. The smallest absolute Gasteiger partial charge is 0.255 e. The van der Waals surface area contributed by atoms with Crippen LogP contribution >= 0.6 is 23.2 Å². The molecule has 148 valence electrons. The third kappa shape index (κ3) is 4.18. The van der Waals surface area contributed by atoms with Gasteiger partial charge in [0.1, 0.15) is 12.1 Å². The van der Waals surface area contributed by atoms with Crippen LogP contribution in [0.15, 0.2) is 55.2 Å².